The van der Waals surface area contributed by atoms with Crippen LogP contribution in [-0.2, 0) is 0 Å². The fourth-order valence-corrected chi connectivity index (χ4v) is 3.55. The molecule has 2 aliphatic rings. The number of hydrogen-bond donors (Lipinski definition) is 2. The molecule has 20 heavy (non-hydrogen) atoms. The number of nitrogens with one attached hydrogen (secondary N) is 1. The normalized spacial score (nSPS) is 21.7. The van der Waals surface area contributed by atoms with Gasteiger partial charge in [-0.25, -0.2) is 0 Å². The lowest BCUT2D eigenvalue weighted by Crippen LogP contribution is -2.45. The molecular weight excluding hydrogens is 320 g/mol. The van der Waals surface area contributed by atoms with E-state index < -0.39 is 0 Å². The van der Waals surface area contributed by atoms with Gasteiger partial charge in [-0.1, -0.05) is 15.9 Å². The van der Waals surface area contributed by atoms with E-state index in [1.165, 1.54) is 12.8 Å². The van der Waals surface area contributed by atoms with Crippen molar-refractivity contribution >= 4 is 15.9 Å². The van der Waals surface area contributed by atoms with Crippen LogP contribution in [-0.4, -0.2) is 43.3 Å². The van der Waals surface area contributed by atoms with E-state index in [0.29, 0.717) is 23.5 Å². The van der Waals surface area contributed by atoms with E-state index in [2.05, 4.69) is 26.1 Å². The summed E-state index contributed by atoms with van der Waals surface area (Å²) < 4.78 is 6.25. The predicted molar refractivity (Wildman–Crippen MR) is 82.3 cm³/mol. The van der Waals surface area contributed by atoms with Crippen LogP contribution in [0, 0.1) is 5.92 Å². The molecule has 3 rings (SSSR count). The topological polar surface area (TPSA) is 44.7 Å². The molecule has 0 radical (unpaired) electrons. The van der Waals surface area contributed by atoms with Gasteiger partial charge in [0.25, 0.3) is 0 Å². The van der Waals surface area contributed by atoms with E-state index >= 15 is 0 Å². The molecular formula is C15H21BrN2O2. The molecule has 2 N–H and O–H groups in total. The zero-order chi connectivity index (χ0) is 14.1. The van der Waals surface area contributed by atoms with Gasteiger partial charge in [0.15, 0.2) is 11.5 Å². The summed E-state index contributed by atoms with van der Waals surface area (Å²) in [7, 11) is 1.60. The smallest absolute Gasteiger partial charge is 0.162 e. The monoisotopic (exact) mass is 340 g/mol. The van der Waals surface area contributed by atoms with Gasteiger partial charge in [0.1, 0.15) is 0 Å². The summed E-state index contributed by atoms with van der Waals surface area (Å²) in [6, 6.07) is 4.17. The highest BCUT2D eigenvalue weighted by molar-refractivity contribution is 9.10. The number of ether oxygens (including phenoxy) is 1. The van der Waals surface area contributed by atoms with Gasteiger partial charge in [0.05, 0.1) is 7.11 Å². The Morgan fingerprint density at radius 3 is 2.65 bits per heavy atom. The lowest BCUT2D eigenvalue weighted by molar-refractivity contribution is 0.153. The van der Waals surface area contributed by atoms with Crippen molar-refractivity contribution in [2.24, 2.45) is 5.92 Å². The molecule has 110 valence electrons. The maximum atomic E-state index is 10.5. The molecule has 1 atom stereocenters. The SMILES string of the molecule is COc1cc(Br)cc([C@H](C2CC2)N2CCNCC2)c1O. The minimum absolute atomic E-state index is 0.297. The van der Waals surface area contributed by atoms with E-state index in [9.17, 15) is 5.11 Å². The number of halogens is 1. The Balaban J connectivity index is 1.96. The zero-order valence-electron chi connectivity index (χ0n) is 11.7. The van der Waals surface area contributed by atoms with Crippen molar-refractivity contribution in [2.45, 2.75) is 18.9 Å². The first-order valence-electron chi connectivity index (χ1n) is 7.22. The number of piperazine rings is 1. The molecule has 2 fully saturated rings. The quantitative estimate of drug-likeness (QED) is 0.883. The molecule has 5 heteroatoms. The minimum Gasteiger partial charge on any atom is -0.504 e. The summed E-state index contributed by atoms with van der Waals surface area (Å²) in [5.41, 5.74) is 1.00. The molecule has 1 aliphatic carbocycles. The summed E-state index contributed by atoms with van der Waals surface area (Å²) in [5.74, 6) is 1.51. The number of phenolic OH excluding ortho intramolecular Hbond substituents is 1. The molecule has 0 aromatic heterocycles. The zero-order valence-corrected chi connectivity index (χ0v) is 13.3. The molecule has 1 saturated heterocycles. The van der Waals surface area contributed by atoms with Crippen molar-refractivity contribution in [1.82, 2.24) is 10.2 Å². The Morgan fingerprint density at radius 1 is 1.35 bits per heavy atom. The largest absolute Gasteiger partial charge is 0.504 e. The Kier molecular flexibility index (Phi) is 4.19. The van der Waals surface area contributed by atoms with Gasteiger partial charge in [-0.15, -0.1) is 0 Å². The van der Waals surface area contributed by atoms with Crippen LogP contribution in [0.2, 0.25) is 0 Å². The lowest BCUT2D eigenvalue weighted by atomic mass is 9.98. The second-order valence-corrected chi connectivity index (χ2v) is 6.53. The van der Waals surface area contributed by atoms with E-state index in [1.54, 1.807) is 7.11 Å². The number of hydrogen-bond acceptors (Lipinski definition) is 4. The van der Waals surface area contributed by atoms with Gasteiger partial charge in [-0.2, -0.15) is 0 Å². The van der Waals surface area contributed by atoms with Crippen molar-refractivity contribution in [2.75, 3.05) is 33.3 Å². The summed E-state index contributed by atoms with van der Waals surface area (Å²) in [6.45, 7) is 4.12. The van der Waals surface area contributed by atoms with Crippen LogP contribution >= 0.6 is 15.9 Å². The minimum atomic E-state index is 0.297. The Morgan fingerprint density at radius 2 is 2.05 bits per heavy atom. The lowest BCUT2D eigenvalue weighted by Gasteiger charge is -2.36. The van der Waals surface area contributed by atoms with Crippen molar-refractivity contribution in [3.63, 3.8) is 0 Å². The van der Waals surface area contributed by atoms with Crippen LogP contribution in [0.3, 0.4) is 0 Å². The summed E-state index contributed by atoms with van der Waals surface area (Å²) in [5, 5.41) is 13.9. The average molecular weight is 341 g/mol. The standard InChI is InChI=1S/C15H21BrN2O2/c1-20-13-9-11(16)8-12(15(13)19)14(10-2-3-10)18-6-4-17-5-7-18/h8-10,14,17,19H,2-7H2,1H3/t14-/m0/s1. The van der Waals surface area contributed by atoms with Crippen LogP contribution in [0.4, 0.5) is 0 Å². The molecule has 1 heterocycles. The van der Waals surface area contributed by atoms with Crippen LogP contribution < -0.4 is 10.1 Å². The molecule has 1 aliphatic heterocycles. The first-order chi connectivity index (χ1) is 9.70. The summed E-state index contributed by atoms with van der Waals surface area (Å²) >= 11 is 3.53. The Bertz CT molecular complexity index is 485. The van der Waals surface area contributed by atoms with E-state index in [-0.39, 0.29) is 0 Å². The average Bonchev–Trinajstić information content (AvgIpc) is 3.28. The summed E-state index contributed by atoms with van der Waals surface area (Å²) in [6.07, 6.45) is 2.51. The van der Waals surface area contributed by atoms with Crippen LogP contribution in [0.25, 0.3) is 0 Å². The number of aromatic hydroxyl groups is 1. The van der Waals surface area contributed by atoms with Gasteiger partial charge in [-0.05, 0) is 30.9 Å². The number of benzene rings is 1. The molecule has 0 amide bonds. The highest BCUT2D eigenvalue weighted by atomic mass is 79.9. The molecule has 0 unspecified atom stereocenters. The third-order valence-corrected chi connectivity index (χ3v) is 4.68. The number of nitrogens with zero attached hydrogens (tertiary/aromatic N) is 1. The predicted octanol–water partition coefficient (Wildman–Crippen LogP) is 2.52. The van der Waals surface area contributed by atoms with Crippen molar-refractivity contribution in [3.8, 4) is 11.5 Å². The van der Waals surface area contributed by atoms with Gasteiger partial charge < -0.3 is 15.2 Å². The first kappa shape index (κ1) is 14.2. The highest BCUT2D eigenvalue weighted by Crippen LogP contribution is 2.49. The third kappa shape index (κ3) is 2.80. The number of phenols is 1. The fraction of sp³-hybridized carbons (Fsp3) is 0.600. The van der Waals surface area contributed by atoms with Gasteiger partial charge in [0.2, 0.25) is 0 Å². The van der Waals surface area contributed by atoms with Gasteiger partial charge in [-0.3, -0.25) is 4.90 Å². The summed E-state index contributed by atoms with van der Waals surface area (Å²) in [4.78, 5) is 2.50. The third-order valence-electron chi connectivity index (χ3n) is 4.22. The van der Waals surface area contributed by atoms with Crippen LogP contribution in [0.15, 0.2) is 16.6 Å². The van der Waals surface area contributed by atoms with Crippen molar-refractivity contribution < 1.29 is 9.84 Å². The van der Waals surface area contributed by atoms with Crippen molar-refractivity contribution in [3.05, 3.63) is 22.2 Å². The molecule has 0 spiro atoms. The molecule has 1 aromatic rings. The molecule has 1 saturated carbocycles. The van der Waals surface area contributed by atoms with E-state index in [4.69, 9.17) is 4.74 Å². The molecule has 0 bridgehead atoms. The van der Waals surface area contributed by atoms with E-state index in [0.717, 1.165) is 36.2 Å². The molecule has 4 nitrogen and oxygen atoms in total. The van der Waals surface area contributed by atoms with Crippen LogP contribution in [0.1, 0.15) is 24.4 Å². The fourth-order valence-electron chi connectivity index (χ4n) is 3.10. The number of rotatable bonds is 4. The van der Waals surface area contributed by atoms with Gasteiger partial charge in [0, 0.05) is 42.3 Å². The second kappa shape index (κ2) is 5.92. The Hall–Kier alpha value is -0.780. The van der Waals surface area contributed by atoms with Gasteiger partial charge >= 0.3 is 0 Å². The maximum Gasteiger partial charge on any atom is 0.162 e. The van der Waals surface area contributed by atoms with E-state index in [1.807, 2.05) is 12.1 Å². The first-order valence-corrected chi connectivity index (χ1v) is 8.01. The number of methoxy groups -OCH3 is 1. The Labute approximate surface area is 128 Å². The molecule has 1 aromatic carbocycles. The highest BCUT2D eigenvalue weighted by Gasteiger charge is 2.38. The second-order valence-electron chi connectivity index (χ2n) is 5.61. The van der Waals surface area contributed by atoms with Crippen LogP contribution in [0.5, 0.6) is 11.5 Å². The van der Waals surface area contributed by atoms with Crippen molar-refractivity contribution in [1.29, 1.82) is 0 Å². The maximum absolute atomic E-state index is 10.5.